The molecule has 1 aliphatic carbocycles. The summed E-state index contributed by atoms with van der Waals surface area (Å²) in [5.74, 6) is 1.90. The average Bonchev–Trinajstić information content (AvgIpc) is 2.35. The van der Waals surface area contributed by atoms with Gasteiger partial charge < -0.3 is 10.6 Å². The largest absolute Gasteiger partial charge is 0.434 e. The van der Waals surface area contributed by atoms with E-state index in [0.29, 0.717) is 24.3 Å². The Balaban J connectivity index is 1.55. The first kappa shape index (κ1) is 12.7. The summed E-state index contributed by atoms with van der Waals surface area (Å²) in [7, 11) is 0. The van der Waals surface area contributed by atoms with Gasteiger partial charge in [-0.15, -0.1) is 0 Å². The average molecular weight is 272 g/mol. The summed E-state index contributed by atoms with van der Waals surface area (Å²) in [5, 5.41) is 6.48. The van der Waals surface area contributed by atoms with E-state index in [1.807, 2.05) is 0 Å². The van der Waals surface area contributed by atoms with Gasteiger partial charge in [0.2, 0.25) is 0 Å². The number of piperidine rings is 2. The fraction of sp³-hybridized carbons (Fsp3) is 0.667. The van der Waals surface area contributed by atoms with Gasteiger partial charge in [-0.1, -0.05) is 0 Å². The first-order valence-electron chi connectivity index (χ1n) is 6.39. The van der Waals surface area contributed by atoms with Crippen LogP contribution in [0.15, 0.2) is 12.4 Å². The van der Waals surface area contributed by atoms with Crippen LogP contribution >= 0.6 is 0 Å². The second-order valence-corrected chi connectivity index (χ2v) is 5.28. The summed E-state index contributed by atoms with van der Waals surface area (Å²) >= 11 is 0. The molecule has 2 aliphatic heterocycles. The van der Waals surface area contributed by atoms with Crippen LogP contribution in [-0.2, 0) is 6.18 Å². The molecule has 1 atom stereocenters. The van der Waals surface area contributed by atoms with E-state index in [1.54, 1.807) is 0 Å². The Labute approximate surface area is 108 Å². The van der Waals surface area contributed by atoms with Crippen LogP contribution in [0.1, 0.15) is 18.5 Å². The van der Waals surface area contributed by atoms with Crippen molar-refractivity contribution in [2.24, 2.45) is 11.8 Å². The molecule has 0 amide bonds. The SMILES string of the molecule is FC(F)(F)c1cnc(NC[C@H]2NCC3CC2C3)cn1. The summed E-state index contributed by atoms with van der Waals surface area (Å²) in [6.07, 6.45) is -0.0152. The maximum Gasteiger partial charge on any atom is 0.434 e. The van der Waals surface area contributed by atoms with Gasteiger partial charge in [0.15, 0.2) is 5.69 Å². The van der Waals surface area contributed by atoms with E-state index < -0.39 is 11.9 Å². The lowest BCUT2D eigenvalue weighted by Gasteiger charge is -2.47. The topological polar surface area (TPSA) is 49.8 Å². The van der Waals surface area contributed by atoms with Crippen LogP contribution in [0.5, 0.6) is 0 Å². The van der Waals surface area contributed by atoms with Gasteiger partial charge in [-0.2, -0.15) is 13.2 Å². The van der Waals surface area contributed by atoms with Crippen molar-refractivity contribution in [3.63, 3.8) is 0 Å². The first-order valence-corrected chi connectivity index (χ1v) is 6.39. The van der Waals surface area contributed by atoms with E-state index in [4.69, 9.17) is 0 Å². The predicted molar refractivity (Wildman–Crippen MR) is 63.5 cm³/mol. The van der Waals surface area contributed by atoms with Gasteiger partial charge in [0.1, 0.15) is 5.82 Å². The number of fused-ring (bicyclic) bond motifs is 2. The third-order valence-electron chi connectivity index (χ3n) is 3.96. The number of rotatable bonds is 3. The lowest BCUT2D eigenvalue weighted by atomic mass is 9.68. The lowest BCUT2D eigenvalue weighted by Crippen LogP contribution is -2.55. The Morgan fingerprint density at radius 3 is 2.58 bits per heavy atom. The van der Waals surface area contributed by atoms with Crippen molar-refractivity contribution in [1.82, 2.24) is 15.3 Å². The maximum atomic E-state index is 12.3. The fourth-order valence-corrected chi connectivity index (χ4v) is 2.79. The lowest BCUT2D eigenvalue weighted by molar-refractivity contribution is -0.141. The van der Waals surface area contributed by atoms with Crippen LogP contribution in [0.4, 0.5) is 19.0 Å². The number of nitrogens with zero attached hydrogens (tertiary/aromatic N) is 2. The summed E-state index contributed by atoms with van der Waals surface area (Å²) in [6.45, 7) is 1.72. The molecular weight excluding hydrogens is 257 g/mol. The Morgan fingerprint density at radius 2 is 2.05 bits per heavy atom. The maximum absolute atomic E-state index is 12.3. The highest BCUT2D eigenvalue weighted by Gasteiger charge is 2.39. The monoisotopic (exact) mass is 272 g/mol. The number of hydrogen-bond acceptors (Lipinski definition) is 4. The summed E-state index contributed by atoms with van der Waals surface area (Å²) in [6, 6.07) is 0.383. The van der Waals surface area contributed by atoms with Crippen molar-refractivity contribution in [1.29, 1.82) is 0 Å². The molecule has 7 heteroatoms. The molecule has 2 bridgehead atoms. The third kappa shape index (κ3) is 2.65. The summed E-state index contributed by atoms with van der Waals surface area (Å²) in [5.41, 5.74) is -0.962. The second-order valence-electron chi connectivity index (χ2n) is 5.28. The molecule has 2 saturated heterocycles. The fourth-order valence-electron chi connectivity index (χ4n) is 2.79. The van der Waals surface area contributed by atoms with Crippen molar-refractivity contribution in [2.75, 3.05) is 18.4 Å². The van der Waals surface area contributed by atoms with Gasteiger partial charge in [-0.25, -0.2) is 9.97 Å². The van der Waals surface area contributed by atoms with Gasteiger partial charge >= 0.3 is 6.18 Å². The van der Waals surface area contributed by atoms with E-state index >= 15 is 0 Å². The number of aromatic nitrogens is 2. The van der Waals surface area contributed by atoms with Crippen molar-refractivity contribution in [2.45, 2.75) is 25.1 Å². The molecular formula is C12H15F3N4. The van der Waals surface area contributed by atoms with E-state index in [-0.39, 0.29) is 0 Å². The highest BCUT2D eigenvalue weighted by atomic mass is 19.4. The Morgan fingerprint density at radius 1 is 1.26 bits per heavy atom. The first-order chi connectivity index (χ1) is 9.02. The molecule has 0 aromatic carbocycles. The number of halogens is 3. The van der Waals surface area contributed by atoms with Gasteiger partial charge in [0, 0.05) is 12.6 Å². The zero-order chi connectivity index (χ0) is 13.5. The Bertz CT molecular complexity index is 437. The van der Waals surface area contributed by atoms with Crippen LogP contribution in [-0.4, -0.2) is 29.1 Å². The minimum absolute atomic E-state index is 0.383. The molecule has 1 aromatic rings. The highest BCUT2D eigenvalue weighted by molar-refractivity contribution is 5.31. The zero-order valence-corrected chi connectivity index (χ0v) is 10.2. The number of alkyl halides is 3. The van der Waals surface area contributed by atoms with E-state index in [1.165, 1.54) is 12.8 Å². The Hall–Kier alpha value is -1.37. The van der Waals surface area contributed by atoms with Crippen LogP contribution in [0, 0.1) is 11.8 Å². The summed E-state index contributed by atoms with van der Waals surface area (Å²) in [4.78, 5) is 7.12. The molecule has 0 radical (unpaired) electrons. The second kappa shape index (κ2) is 4.63. The number of hydrogen-bond donors (Lipinski definition) is 2. The third-order valence-corrected chi connectivity index (χ3v) is 3.96. The van der Waals surface area contributed by atoms with Gasteiger partial charge in [0.05, 0.1) is 12.4 Å². The highest BCUT2D eigenvalue weighted by Crippen LogP contribution is 2.39. The minimum Gasteiger partial charge on any atom is -0.367 e. The van der Waals surface area contributed by atoms with Crippen molar-refractivity contribution >= 4 is 5.82 Å². The molecule has 4 rings (SSSR count). The molecule has 19 heavy (non-hydrogen) atoms. The van der Waals surface area contributed by atoms with E-state index in [0.717, 1.165) is 24.9 Å². The smallest absolute Gasteiger partial charge is 0.367 e. The van der Waals surface area contributed by atoms with Crippen LogP contribution < -0.4 is 10.6 Å². The van der Waals surface area contributed by atoms with Gasteiger partial charge in [-0.05, 0) is 31.2 Å². The molecule has 104 valence electrons. The van der Waals surface area contributed by atoms with Crippen LogP contribution in [0.3, 0.4) is 0 Å². The molecule has 3 aliphatic rings. The normalized spacial score (nSPS) is 29.7. The Kier molecular flexibility index (Phi) is 3.08. The van der Waals surface area contributed by atoms with E-state index in [2.05, 4.69) is 20.6 Å². The van der Waals surface area contributed by atoms with Crippen LogP contribution in [0.2, 0.25) is 0 Å². The van der Waals surface area contributed by atoms with Crippen molar-refractivity contribution in [3.8, 4) is 0 Å². The quantitative estimate of drug-likeness (QED) is 0.882. The molecule has 3 heterocycles. The van der Waals surface area contributed by atoms with Crippen molar-refractivity contribution in [3.05, 3.63) is 18.1 Å². The standard InChI is InChI=1S/C12H15F3N4/c13-12(14,15)10-5-19-11(6-17-10)18-4-9-8-1-7(2-8)3-16-9/h5-9,16H,1-4H2,(H,18,19)/t7?,8?,9-/m1/s1. The molecule has 1 aromatic heterocycles. The molecule has 3 fully saturated rings. The van der Waals surface area contributed by atoms with Crippen molar-refractivity contribution < 1.29 is 13.2 Å². The van der Waals surface area contributed by atoms with Crippen LogP contribution in [0.25, 0.3) is 0 Å². The molecule has 0 unspecified atom stereocenters. The minimum atomic E-state index is -4.43. The zero-order valence-electron chi connectivity index (χ0n) is 10.2. The molecule has 0 spiro atoms. The molecule has 4 nitrogen and oxygen atoms in total. The summed E-state index contributed by atoms with van der Waals surface area (Å²) < 4.78 is 37.0. The molecule has 2 N–H and O–H groups in total. The van der Waals surface area contributed by atoms with E-state index in [9.17, 15) is 13.2 Å². The molecule has 1 saturated carbocycles. The van der Waals surface area contributed by atoms with Gasteiger partial charge in [0.25, 0.3) is 0 Å². The van der Waals surface area contributed by atoms with Gasteiger partial charge in [-0.3, -0.25) is 0 Å². The predicted octanol–water partition coefficient (Wildman–Crippen LogP) is 1.91. The number of nitrogens with one attached hydrogen (secondary N) is 2. The number of anilines is 1.